The molecule has 0 spiro atoms. The summed E-state index contributed by atoms with van der Waals surface area (Å²) in [4.78, 5) is 7.62. The van der Waals surface area contributed by atoms with Gasteiger partial charge in [0, 0.05) is 6.54 Å². The van der Waals surface area contributed by atoms with Crippen molar-refractivity contribution >= 4 is 0 Å². The highest BCUT2D eigenvalue weighted by molar-refractivity contribution is 4.60. The van der Waals surface area contributed by atoms with Crippen LogP contribution in [0.25, 0.3) is 0 Å². The molecule has 1 N–H and O–H groups in total. The molecular formula is C8H19N3O. The fraction of sp³-hybridized carbons (Fsp3) is 1.00. The maximum atomic E-state index is 5.47. The van der Waals surface area contributed by atoms with E-state index in [0.29, 0.717) is 6.17 Å². The van der Waals surface area contributed by atoms with Gasteiger partial charge in [-0.05, 0) is 26.9 Å². The smallest absolute Gasteiger partial charge is 0.102 e. The number of hydrogen-bond acceptors (Lipinski definition) is 4. The highest BCUT2D eigenvalue weighted by atomic mass is 16.7. The number of hydrazine groups is 1. The van der Waals surface area contributed by atoms with Crippen LogP contribution in [0.1, 0.15) is 19.8 Å². The molecule has 0 aromatic carbocycles. The zero-order valence-electron chi connectivity index (χ0n) is 8.21. The van der Waals surface area contributed by atoms with E-state index in [9.17, 15) is 0 Å². The fourth-order valence-electron chi connectivity index (χ4n) is 1.40. The predicted molar refractivity (Wildman–Crippen MR) is 48.2 cm³/mol. The Morgan fingerprint density at radius 1 is 1.58 bits per heavy atom. The van der Waals surface area contributed by atoms with Gasteiger partial charge in [0.05, 0.1) is 6.61 Å². The molecule has 1 rings (SSSR count). The van der Waals surface area contributed by atoms with E-state index in [-0.39, 0.29) is 0 Å². The number of hydroxylamine groups is 1. The molecule has 1 heterocycles. The van der Waals surface area contributed by atoms with Crippen LogP contribution >= 0.6 is 0 Å². The number of rotatable bonds is 3. The van der Waals surface area contributed by atoms with Crippen molar-refractivity contribution in [1.29, 1.82) is 0 Å². The monoisotopic (exact) mass is 173 g/mol. The molecule has 0 aliphatic carbocycles. The summed E-state index contributed by atoms with van der Waals surface area (Å²) in [5, 5.41) is 1.86. The van der Waals surface area contributed by atoms with Crippen molar-refractivity contribution in [1.82, 2.24) is 15.5 Å². The van der Waals surface area contributed by atoms with Gasteiger partial charge in [-0.15, -0.1) is 5.17 Å². The summed E-state index contributed by atoms with van der Waals surface area (Å²) in [6, 6.07) is 0. The van der Waals surface area contributed by atoms with Crippen molar-refractivity contribution in [2.45, 2.75) is 25.9 Å². The van der Waals surface area contributed by atoms with Crippen molar-refractivity contribution in [2.75, 3.05) is 27.2 Å². The first kappa shape index (κ1) is 9.92. The van der Waals surface area contributed by atoms with Gasteiger partial charge >= 0.3 is 0 Å². The van der Waals surface area contributed by atoms with Crippen LogP contribution < -0.4 is 5.43 Å². The van der Waals surface area contributed by atoms with Gasteiger partial charge in [-0.25, -0.2) is 5.43 Å². The lowest BCUT2D eigenvalue weighted by atomic mass is 10.3. The van der Waals surface area contributed by atoms with Crippen LogP contribution in [0.4, 0.5) is 0 Å². The first-order valence-electron chi connectivity index (χ1n) is 4.57. The number of hydrogen-bond donors (Lipinski definition) is 1. The van der Waals surface area contributed by atoms with Crippen molar-refractivity contribution in [3.05, 3.63) is 0 Å². The van der Waals surface area contributed by atoms with Gasteiger partial charge in [-0.3, -0.25) is 9.74 Å². The lowest BCUT2D eigenvalue weighted by molar-refractivity contribution is -0.265. The minimum Gasteiger partial charge on any atom is -0.291 e. The molecule has 0 amide bonds. The van der Waals surface area contributed by atoms with Crippen molar-refractivity contribution in [3.63, 3.8) is 0 Å². The van der Waals surface area contributed by atoms with E-state index in [1.165, 1.54) is 0 Å². The summed E-state index contributed by atoms with van der Waals surface area (Å²) in [6.45, 7) is 4.01. The summed E-state index contributed by atoms with van der Waals surface area (Å²) >= 11 is 0. The van der Waals surface area contributed by atoms with Crippen LogP contribution in [-0.4, -0.2) is 43.5 Å². The highest BCUT2D eigenvalue weighted by Crippen LogP contribution is 2.07. The molecule has 0 bridgehead atoms. The Hall–Kier alpha value is -0.160. The topological polar surface area (TPSA) is 27.7 Å². The highest BCUT2D eigenvalue weighted by Gasteiger charge is 2.21. The quantitative estimate of drug-likeness (QED) is 0.669. The standard InChI is InChI=1S/C8H19N3O/c1-4-8(10(2)3)11-9-6-5-7-12-11/h8-9H,4-7H2,1-3H3. The Labute approximate surface area is 74.4 Å². The fourth-order valence-corrected chi connectivity index (χ4v) is 1.40. The zero-order chi connectivity index (χ0) is 8.97. The molecule has 1 unspecified atom stereocenters. The summed E-state index contributed by atoms with van der Waals surface area (Å²) in [5.41, 5.74) is 3.22. The van der Waals surface area contributed by atoms with Gasteiger partial charge in [-0.1, -0.05) is 6.92 Å². The van der Waals surface area contributed by atoms with E-state index in [1.54, 1.807) is 0 Å². The molecule has 0 aromatic rings. The van der Waals surface area contributed by atoms with E-state index >= 15 is 0 Å². The van der Waals surface area contributed by atoms with Crippen LogP contribution in [0.15, 0.2) is 0 Å². The molecule has 1 aliphatic heterocycles. The van der Waals surface area contributed by atoms with Crippen LogP contribution in [0.3, 0.4) is 0 Å². The first-order valence-corrected chi connectivity index (χ1v) is 4.57. The van der Waals surface area contributed by atoms with Gasteiger partial charge in [0.15, 0.2) is 0 Å². The third kappa shape index (κ3) is 2.42. The molecular weight excluding hydrogens is 154 g/mol. The van der Waals surface area contributed by atoms with Crippen LogP contribution in [0, 0.1) is 0 Å². The lowest BCUT2D eigenvalue weighted by Crippen LogP contribution is -2.54. The molecule has 1 fully saturated rings. The Morgan fingerprint density at radius 2 is 2.33 bits per heavy atom. The molecule has 4 nitrogen and oxygen atoms in total. The molecule has 0 radical (unpaired) electrons. The Morgan fingerprint density at radius 3 is 2.75 bits per heavy atom. The van der Waals surface area contributed by atoms with Crippen LogP contribution in [0.2, 0.25) is 0 Å². The van der Waals surface area contributed by atoms with E-state index in [2.05, 4.69) is 31.3 Å². The second-order valence-electron chi connectivity index (χ2n) is 3.27. The van der Waals surface area contributed by atoms with Crippen molar-refractivity contribution in [3.8, 4) is 0 Å². The Balaban J connectivity index is 2.40. The molecule has 0 aromatic heterocycles. The third-order valence-corrected chi connectivity index (χ3v) is 2.05. The Kier molecular flexibility index (Phi) is 3.94. The molecule has 4 heteroatoms. The number of nitrogens with one attached hydrogen (secondary N) is 1. The minimum atomic E-state index is 0.338. The number of nitrogens with zero attached hydrogens (tertiary/aromatic N) is 2. The van der Waals surface area contributed by atoms with E-state index in [4.69, 9.17) is 4.84 Å². The summed E-state index contributed by atoms with van der Waals surface area (Å²) in [5.74, 6) is 0. The van der Waals surface area contributed by atoms with Crippen molar-refractivity contribution < 1.29 is 4.84 Å². The second kappa shape index (κ2) is 4.77. The van der Waals surface area contributed by atoms with E-state index < -0.39 is 0 Å². The largest absolute Gasteiger partial charge is 0.291 e. The molecule has 72 valence electrons. The summed E-state index contributed by atoms with van der Waals surface area (Å²) in [7, 11) is 4.13. The predicted octanol–water partition coefficient (Wildman–Crippen LogP) is 0.426. The summed E-state index contributed by atoms with van der Waals surface area (Å²) < 4.78 is 0. The SMILES string of the molecule is CCC(N(C)C)N1NCCCO1. The van der Waals surface area contributed by atoms with Crippen LogP contribution in [0.5, 0.6) is 0 Å². The van der Waals surface area contributed by atoms with Gasteiger partial charge in [0.25, 0.3) is 0 Å². The second-order valence-corrected chi connectivity index (χ2v) is 3.27. The zero-order valence-corrected chi connectivity index (χ0v) is 8.21. The van der Waals surface area contributed by atoms with Gasteiger partial charge in [-0.2, -0.15) is 0 Å². The van der Waals surface area contributed by atoms with E-state index in [0.717, 1.165) is 26.0 Å². The normalized spacial score (nSPS) is 23.0. The first-order chi connectivity index (χ1) is 5.75. The van der Waals surface area contributed by atoms with Crippen molar-refractivity contribution in [2.24, 2.45) is 0 Å². The average Bonchev–Trinajstić information content (AvgIpc) is 2.07. The molecule has 1 saturated heterocycles. The average molecular weight is 173 g/mol. The van der Waals surface area contributed by atoms with Gasteiger partial charge in [0.1, 0.15) is 6.17 Å². The minimum absolute atomic E-state index is 0.338. The maximum absolute atomic E-state index is 5.47. The molecule has 1 aliphatic rings. The molecule has 12 heavy (non-hydrogen) atoms. The van der Waals surface area contributed by atoms with Gasteiger partial charge in [0.2, 0.25) is 0 Å². The van der Waals surface area contributed by atoms with Crippen LogP contribution in [-0.2, 0) is 4.84 Å². The third-order valence-electron chi connectivity index (χ3n) is 2.05. The maximum Gasteiger partial charge on any atom is 0.102 e. The molecule has 1 atom stereocenters. The van der Waals surface area contributed by atoms with Gasteiger partial charge < -0.3 is 0 Å². The summed E-state index contributed by atoms with van der Waals surface area (Å²) in [6.07, 6.45) is 2.49. The Bertz CT molecular complexity index is 123. The lowest BCUT2D eigenvalue weighted by Gasteiger charge is -2.36. The molecule has 0 saturated carbocycles. The van der Waals surface area contributed by atoms with E-state index in [1.807, 2.05) is 5.17 Å².